The fraction of sp³-hybridized carbons (Fsp3) is 0.130. The van der Waals surface area contributed by atoms with Gasteiger partial charge in [0.15, 0.2) is 16.7 Å². The van der Waals surface area contributed by atoms with Gasteiger partial charge in [0.2, 0.25) is 5.91 Å². The number of hydrogen-bond acceptors (Lipinski definition) is 6. The molecule has 36 heavy (non-hydrogen) atoms. The third-order valence-corrected chi connectivity index (χ3v) is 5.71. The molecule has 2 heterocycles. The van der Waals surface area contributed by atoms with E-state index in [0.717, 1.165) is 23.9 Å². The fourth-order valence-corrected chi connectivity index (χ4v) is 3.94. The van der Waals surface area contributed by atoms with E-state index in [4.69, 9.17) is 4.42 Å². The highest BCUT2D eigenvalue weighted by Crippen LogP contribution is 2.34. The lowest BCUT2D eigenvalue weighted by atomic mass is 10.1. The summed E-state index contributed by atoms with van der Waals surface area (Å²) in [6, 6.07) is 13.0. The van der Waals surface area contributed by atoms with Crippen LogP contribution in [0.5, 0.6) is 0 Å². The number of thioether (sulfide) groups is 1. The van der Waals surface area contributed by atoms with Crippen LogP contribution in [0.25, 0.3) is 5.69 Å². The number of amides is 2. The first-order valence-electron chi connectivity index (χ1n) is 10.3. The van der Waals surface area contributed by atoms with Gasteiger partial charge in [0.05, 0.1) is 29.8 Å². The molecule has 4 aromatic rings. The van der Waals surface area contributed by atoms with Crippen molar-refractivity contribution in [2.75, 3.05) is 11.1 Å². The number of alkyl halides is 3. The van der Waals surface area contributed by atoms with E-state index in [1.165, 1.54) is 53.3 Å². The van der Waals surface area contributed by atoms with Crippen LogP contribution in [0.1, 0.15) is 21.9 Å². The second-order valence-electron chi connectivity index (χ2n) is 7.25. The number of aromatic nitrogens is 3. The van der Waals surface area contributed by atoms with Crippen LogP contribution in [-0.2, 0) is 17.5 Å². The fourth-order valence-electron chi connectivity index (χ4n) is 3.17. The van der Waals surface area contributed by atoms with Crippen LogP contribution in [0.4, 0.5) is 23.2 Å². The molecule has 2 amide bonds. The van der Waals surface area contributed by atoms with Gasteiger partial charge in [0.1, 0.15) is 5.82 Å². The number of nitrogens with zero attached hydrogens (tertiary/aromatic N) is 3. The number of halogens is 4. The normalized spacial score (nSPS) is 11.3. The van der Waals surface area contributed by atoms with E-state index >= 15 is 0 Å². The first-order valence-corrected chi connectivity index (χ1v) is 11.3. The van der Waals surface area contributed by atoms with Gasteiger partial charge in [0.25, 0.3) is 5.91 Å². The Morgan fingerprint density at radius 1 is 1.00 bits per heavy atom. The van der Waals surface area contributed by atoms with Gasteiger partial charge in [-0.25, -0.2) is 4.39 Å². The predicted molar refractivity (Wildman–Crippen MR) is 122 cm³/mol. The van der Waals surface area contributed by atoms with E-state index in [2.05, 4.69) is 20.8 Å². The predicted octanol–water partition coefficient (Wildman–Crippen LogP) is 4.68. The Kier molecular flexibility index (Phi) is 7.38. The number of hydrogen-bond donors (Lipinski definition) is 2. The number of carbonyl (C=O) groups excluding carboxylic acids is 2. The first kappa shape index (κ1) is 25.0. The minimum atomic E-state index is -4.63. The van der Waals surface area contributed by atoms with Gasteiger partial charge >= 0.3 is 6.18 Å². The molecule has 13 heteroatoms. The van der Waals surface area contributed by atoms with Gasteiger partial charge in [-0.15, -0.1) is 10.2 Å². The maximum absolute atomic E-state index is 13.5. The highest BCUT2D eigenvalue weighted by atomic mass is 32.2. The second kappa shape index (κ2) is 10.6. The average Bonchev–Trinajstić information content (AvgIpc) is 3.52. The van der Waals surface area contributed by atoms with Crippen molar-refractivity contribution in [2.24, 2.45) is 0 Å². The Hall–Kier alpha value is -4.13. The molecule has 0 saturated heterocycles. The van der Waals surface area contributed by atoms with Crippen molar-refractivity contribution in [2.45, 2.75) is 17.9 Å². The molecule has 0 atom stereocenters. The Bertz CT molecular complexity index is 1360. The second-order valence-corrected chi connectivity index (χ2v) is 8.19. The van der Waals surface area contributed by atoms with Gasteiger partial charge < -0.3 is 15.1 Å². The summed E-state index contributed by atoms with van der Waals surface area (Å²) < 4.78 is 59.6. The summed E-state index contributed by atoms with van der Waals surface area (Å²) >= 11 is 0.911. The summed E-state index contributed by atoms with van der Waals surface area (Å²) in [6.07, 6.45) is -3.28. The lowest BCUT2D eigenvalue weighted by Crippen LogP contribution is -2.24. The number of rotatable bonds is 8. The molecule has 2 N–H and O–H groups in total. The van der Waals surface area contributed by atoms with Crippen LogP contribution >= 0.6 is 11.8 Å². The zero-order valence-corrected chi connectivity index (χ0v) is 19.1. The lowest BCUT2D eigenvalue weighted by Gasteiger charge is -2.13. The summed E-state index contributed by atoms with van der Waals surface area (Å²) in [5.74, 6) is -1.59. The molecule has 0 aliphatic carbocycles. The van der Waals surface area contributed by atoms with Crippen LogP contribution in [-0.4, -0.2) is 32.3 Å². The van der Waals surface area contributed by atoms with Crippen molar-refractivity contribution in [3.63, 3.8) is 0 Å². The number of nitrogens with one attached hydrogen (secondary N) is 2. The molecule has 2 aromatic carbocycles. The number of carbonyl (C=O) groups is 2. The van der Waals surface area contributed by atoms with E-state index in [0.29, 0.717) is 5.69 Å². The zero-order chi connectivity index (χ0) is 25.7. The Labute approximate surface area is 205 Å². The molecule has 0 fully saturated rings. The van der Waals surface area contributed by atoms with Crippen LogP contribution in [0.3, 0.4) is 0 Å². The van der Waals surface area contributed by atoms with E-state index in [1.807, 2.05) is 0 Å². The quantitative estimate of drug-likeness (QED) is 0.259. The monoisotopic (exact) mass is 519 g/mol. The summed E-state index contributed by atoms with van der Waals surface area (Å²) in [7, 11) is 0. The summed E-state index contributed by atoms with van der Waals surface area (Å²) in [5.41, 5.74) is -0.877. The molecule has 0 saturated carbocycles. The number of para-hydroxylation sites is 1. The SMILES string of the molecule is O=C(CSc1nnc(CNC(=O)c2ccco2)n1-c1ccc(F)cc1)Nc1ccccc1C(F)(F)F. The van der Waals surface area contributed by atoms with Crippen molar-refractivity contribution in [3.05, 3.63) is 89.9 Å². The molecule has 0 spiro atoms. The van der Waals surface area contributed by atoms with E-state index in [1.54, 1.807) is 6.07 Å². The molecule has 0 radical (unpaired) electrons. The Balaban J connectivity index is 1.51. The van der Waals surface area contributed by atoms with Gasteiger partial charge in [-0.3, -0.25) is 14.2 Å². The molecule has 8 nitrogen and oxygen atoms in total. The van der Waals surface area contributed by atoms with Crippen LogP contribution in [0.15, 0.2) is 76.5 Å². The molecule has 4 rings (SSSR count). The van der Waals surface area contributed by atoms with Gasteiger partial charge in [0, 0.05) is 5.69 Å². The zero-order valence-electron chi connectivity index (χ0n) is 18.3. The Morgan fingerprint density at radius 2 is 1.75 bits per heavy atom. The highest BCUT2D eigenvalue weighted by molar-refractivity contribution is 7.99. The smallest absolute Gasteiger partial charge is 0.418 e. The minimum absolute atomic E-state index is 0.0738. The number of furan rings is 1. The highest BCUT2D eigenvalue weighted by Gasteiger charge is 2.33. The molecular formula is C23H17F4N5O3S. The van der Waals surface area contributed by atoms with E-state index in [9.17, 15) is 27.2 Å². The average molecular weight is 519 g/mol. The lowest BCUT2D eigenvalue weighted by molar-refractivity contribution is -0.137. The van der Waals surface area contributed by atoms with Crippen LogP contribution in [0.2, 0.25) is 0 Å². The summed E-state index contributed by atoms with van der Waals surface area (Å²) in [4.78, 5) is 24.7. The first-order chi connectivity index (χ1) is 17.2. The summed E-state index contributed by atoms with van der Waals surface area (Å²) in [6.45, 7) is -0.0738. The van der Waals surface area contributed by atoms with E-state index in [-0.39, 0.29) is 34.7 Å². The molecule has 0 aliphatic heterocycles. The molecule has 0 unspecified atom stereocenters. The minimum Gasteiger partial charge on any atom is -0.459 e. The third kappa shape index (κ3) is 5.92. The molecule has 2 aromatic heterocycles. The third-order valence-electron chi connectivity index (χ3n) is 4.78. The maximum Gasteiger partial charge on any atom is 0.418 e. The molecular weight excluding hydrogens is 502 g/mol. The van der Waals surface area contributed by atoms with Crippen LogP contribution < -0.4 is 10.6 Å². The van der Waals surface area contributed by atoms with E-state index < -0.39 is 29.4 Å². The van der Waals surface area contributed by atoms with Crippen molar-refractivity contribution in [1.82, 2.24) is 20.1 Å². The largest absolute Gasteiger partial charge is 0.459 e. The van der Waals surface area contributed by atoms with Gasteiger partial charge in [-0.1, -0.05) is 23.9 Å². The molecule has 0 bridgehead atoms. The van der Waals surface area contributed by atoms with Gasteiger partial charge in [-0.05, 0) is 48.5 Å². The van der Waals surface area contributed by atoms with Gasteiger partial charge in [-0.2, -0.15) is 13.2 Å². The maximum atomic E-state index is 13.5. The van der Waals surface area contributed by atoms with Crippen molar-refractivity contribution in [3.8, 4) is 5.69 Å². The standard InChI is InChI=1S/C23H17F4N5O3S/c24-14-7-9-15(10-8-14)32-19(12-28-21(34)18-6-3-11-35-18)30-31-22(32)36-13-20(33)29-17-5-2-1-4-16(17)23(25,26)27/h1-11H,12-13H2,(H,28,34)(H,29,33). The van der Waals surface area contributed by atoms with Crippen LogP contribution in [0, 0.1) is 5.82 Å². The Morgan fingerprint density at radius 3 is 2.44 bits per heavy atom. The van der Waals surface area contributed by atoms with Crippen molar-refractivity contribution < 1.29 is 31.6 Å². The number of benzene rings is 2. The molecule has 186 valence electrons. The topological polar surface area (TPSA) is 102 Å². The van der Waals surface area contributed by atoms with Crippen molar-refractivity contribution >= 4 is 29.3 Å². The molecule has 0 aliphatic rings. The number of anilines is 1. The van der Waals surface area contributed by atoms with Crippen molar-refractivity contribution in [1.29, 1.82) is 0 Å². The summed E-state index contributed by atoms with van der Waals surface area (Å²) in [5, 5.41) is 13.2.